The second-order valence-electron chi connectivity index (χ2n) is 11.2. The Balaban J connectivity index is 1.53. The van der Waals surface area contributed by atoms with E-state index in [1.807, 2.05) is 19.9 Å². The van der Waals surface area contributed by atoms with Crippen molar-refractivity contribution in [1.82, 2.24) is 4.98 Å². The fraction of sp³-hybridized carbons (Fsp3) is 0.593. The molecule has 2 aromatic rings. The minimum absolute atomic E-state index is 0.0427. The van der Waals surface area contributed by atoms with Crippen molar-refractivity contribution in [1.29, 1.82) is 0 Å². The van der Waals surface area contributed by atoms with Crippen molar-refractivity contribution in [2.24, 2.45) is 17.3 Å². The van der Waals surface area contributed by atoms with E-state index in [1.165, 1.54) is 28.6 Å². The van der Waals surface area contributed by atoms with E-state index in [9.17, 15) is 4.79 Å². The number of benzene rings is 1. The number of carbonyl (C=O) groups is 1. The number of hydrogen-bond donors (Lipinski definition) is 1. The van der Waals surface area contributed by atoms with Gasteiger partial charge in [-0.15, -0.1) is 0 Å². The van der Waals surface area contributed by atoms with Crippen LogP contribution >= 0.6 is 0 Å². The molecule has 2 saturated carbocycles. The molecule has 164 valence electrons. The molecule has 0 amide bonds. The number of aromatic nitrogens is 1. The fourth-order valence-electron chi connectivity index (χ4n) is 7.83. The molecule has 0 spiro atoms. The molecule has 6 rings (SSSR count). The Morgan fingerprint density at radius 3 is 2.65 bits per heavy atom. The smallest absolute Gasteiger partial charge is 0.192 e. The predicted octanol–water partition coefficient (Wildman–Crippen LogP) is 5.46. The van der Waals surface area contributed by atoms with Crippen LogP contribution in [0.25, 0.3) is 10.9 Å². The van der Waals surface area contributed by atoms with E-state index in [0.29, 0.717) is 5.92 Å². The fourth-order valence-corrected chi connectivity index (χ4v) is 7.83. The zero-order chi connectivity index (χ0) is 21.8. The third kappa shape index (κ3) is 2.21. The number of fused-ring (bicyclic) bond motifs is 9. The highest BCUT2D eigenvalue weighted by atomic mass is 16.7. The standard InChI is InChI=1S/C27H33NO3/c1-24(2)22(29)15-20-19-11-10-16-14-18-17-8-6-7-9-21(17)28-23(18)26(16,4)25(19,3)12-13-27(20,30-5)31-24/h6-9,15-16,19,28H,10-14H2,1-5H3/t16?,19?,25-,26+,27-/m0/s1. The second kappa shape index (κ2) is 5.90. The Labute approximate surface area is 184 Å². The van der Waals surface area contributed by atoms with Gasteiger partial charge in [0, 0.05) is 35.5 Å². The van der Waals surface area contributed by atoms with Crippen LogP contribution in [0.4, 0.5) is 0 Å². The summed E-state index contributed by atoms with van der Waals surface area (Å²) in [6.45, 7) is 8.68. The van der Waals surface area contributed by atoms with Crippen molar-refractivity contribution in [2.45, 2.75) is 76.6 Å². The molecular weight excluding hydrogens is 386 g/mol. The number of nitrogens with one attached hydrogen (secondary N) is 1. The van der Waals surface area contributed by atoms with Crippen LogP contribution in [-0.2, 0) is 26.1 Å². The molecule has 1 aromatic heterocycles. The number of rotatable bonds is 1. The molecule has 2 fully saturated rings. The van der Waals surface area contributed by atoms with Crippen LogP contribution in [0.15, 0.2) is 35.9 Å². The van der Waals surface area contributed by atoms with Gasteiger partial charge in [0.1, 0.15) is 5.60 Å². The highest BCUT2D eigenvalue weighted by molar-refractivity contribution is 5.98. The van der Waals surface area contributed by atoms with Crippen LogP contribution in [0.3, 0.4) is 0 Å². The molecule has 2 unspecified atom stereocenters. The van der Waals surface area contributed by atoms with Gasteiger partial charge in [-0.05, 0) is 80.1 Å². The van der Waals surface area contributed by atoms with Crippen LogP contribution in [-0.4, -0.2) is 29.3 Å². The van der Waals surface area contributed by atoms with Crippen LogP contribution in [0.1, 0.15) is 64.6 Å². The summed E-state index contributed by atoms with van der Waals surface area (Å²) in [4.78, 5) is 16.8. The van der Waals surface area contributed by atoms with Gasteiger partial charge in [0.05, 0.1) is 0 Å². The lowest BCUT2D eigenvalue weighted by Crippen LogP contribution is -2.63. The normalized spacial score (nSPS) is 40.7. The Kier molecular flexibility index (Phi) is 3.76. The molecule has 5 atom stereocenters. The molecule has 4 heteroatoms. The minimum atomic E-state index is -0.841. The molecule has 31 heavy (non-hydrogen) atoms. The van der Waals surface area contributed by atoms with Gasteiger partial charge in [-0.2, -0.15) is 0 Å². The molecular formula is C27H33NO3. The van der Waals surface area contributed by atoms with E-state index >= 15 is 0 Å². The second-order valence-corrected chi connectivity index (χ2v) is 11.2. The quantitative estimate of drug-likeness (QED) is 0.668. The van der Waals surface area contributed by atoms with Crippen molar-refractivity contribution >= 4 is 16.7 Å². The van der Waals surface area contributed by atoms with Gasteiger partial charge in [0.15, 0.2) is 11.6 Å². The average Bonchev–Trinajstić information content (AvgIpc) is 3.24. The molecule has 0 radical (unpaired) electrons. The van der Waals surface area contributed by atoms with E-state index in [0.717, 1.165) is 31.3 Å². The summed E-state index contributed by atoms with van der Waals surface area (Å²) in [7, 11) is 1.74. The van der Waals surface area contributed by atoms with E-state index < -0.39 is 11.4 Å². The van der Waals surface area contributed by atoms with Crippen molar-refractivity contribution in [3.8, 4) is 0 Å². The molecule has 3 aliphatic carbocycles. The number of ether oxygens (including phenoxy) is 2. The van der Waals surface area contributed by atoms with Crippen molar-refractivity contribution < 1.29 is 14.3 Å². The monoisotopic (exact) mass is 419 g/mol. The number of ketones is 1. The highest BCUT2D eigenvalue weighted by Gasteiger charge is 2.67. The summed E-state index contributed by atoms with van der Waals surface area (Å²) in [5.74, 6) is 0.198. The Morgan fingerprint density at radius 1 is 1.10 bits per heavy atom. The Bertz CT molecular complexity index is 1140. The van der Waals surface area contributed by atoms with Crippen molar-refractivity contribution in [3.05, 3.63) is 47.2 Å². The molecule has 2 heterocycles. The van der Waals surface area contributed by atoms with Crippen molar-refractivity contribution in [2.75, 3.05) is 7.11 Å². The Hall–Kier alpha value is -1.91. The molecule has 0 saturated heterocycles. The summed E-state index contributed by atoms with van der Waals surface area (Å²) >= 11 is 0. The number of methoxy groups -OCH3 is 1. The largest absolute Gasteiger partial charge is 0.358 e. The molecule has 4 nitrogen and oxygen atoms in total. The van der Waals surface area contributed by atoms with Gasteiger partial charge in [0.2, 0.25) is 0 Å². The molecule has 1 aliphatic heterocycles. The van der Waals surface area contributed by atoms with Gasteiger partial charge in [-0.25, -0.2) is 0 Å². The molecule has 4 aliphatic rings. The van der Waals surface area contributed by atoms with Gasteiger partial charge < -0.3 is 14.5 Å². The summed E-state index contributed by atoms with van der Waals surface area (Å²) in [6, 6.07) is 8.73. The summed E-state index contributed by atoms with van der Waals surface area (Å²) in [5.41, 5.74) is 4.52. The van der Waals surface area contributed by atoms with E-state index in [-0.39, 0.29) is 22.5 Å². The average molecular weight is 420 g/mol. The van der Waals surface area contributed by atoms with E-state index in [4.69, 9.17) is 9.47 Å². The van der Waals surface area contributed by atoms with Gasteiger partial charge in [-0.3, -0.25) is 4.79 Å². The number of H-pyrrole nitrogens is 1. The predicted molar refractivity (Wildman–Crippen MR) is 121 cm³/mol. The first-order valence-electron chi connectivity index (χ1n) is 11.8. The maximum Gasteiger partial charge on any atom is 0.192 e. The van der Waals surface area contributed by atoms with Crippen LogP contribution in [0.5, 0.6) is 0 Å². The first-order valence-corrected chi connectivity index (χ1v) is 11.8. The molecule has 1 N–H and O–H groups in total. The molecule has 0 bridgehead atoms. The van der Waals surface area contributed by atoms with Crippen LogP contribution in [0, 0.1) is 17.3 Å². The first kappa shape index (κ1) is 19.8. The first-order chi connectivity index (χ1) is 14.7. The highest BCUT2D eigenvalue weighted by Crippen LogP contribution is 2.69. The van der Waals surface area contributed by atoms with Gasteiger partial charge >= 0.3 is 0 Å². The zero-order valence-electron chi connectivity index (χ0n) is 19.3. The maximum absolute atomic E-state index is 13.0. The lowest BCUT2D eigenvalue weighted by molar-refractivity contribution is -0.273. The third-order valence-corrected chi connectivity index (χ3v) is 9.78. The van der Waals surface area contributed by atoms with Gasteiger partial charge in [0.25, 0.3) is 0 Å². The van der Waals surface area contributed by atoms with Crippen molar-refractivity contribution in [3.63, 3.8) is 0 Å². The zero-order valence-corrected chi connectivity index (χ0v) is 19.3. The number of aromatic amines is 1. The van der Waals surface area contributed by atoms with Gasteiger partial charge in [-0.1, -0.05) is 32.0 Å². The number of carbonyl (C=O) groups excluding carboxylic acids is 1. The minimum Gasteiger partial charge on any atom is -0.358 e. The van der Waals surface area contributed by atoms with Crippen LogP contribution < -0.4 is 0 Å². The lowest BCUT2D eigenvalue weighted by Gasteiger charge is -2.63. The molecule has 1 aromatic carbocycles. The lowest BCUT2D eigenvalue weighted by atomic mass is 9.44. The summed E-state index contributed by atoms with van der Waals surface area (Å²) < 4.78 is 12.5. The number of hydrogen-bond acceptors (Lipinski definition) is 3. The van der Waals surface area contributed by atoms with Crippen LogP contribution in [0.2, 0.25) is 0 Å². The summed E-state index contributed by atoms with van der Waals surface area (Å²) in [5, 5.41) is 1.38. The SMILES string of the molecule is CO[C@]12CC[C@@]3(C)C(CCC4Cc5c([nH]c6ccccc56)[C@@]43C)C1=CC(=O)C(C)(C)O2. The summed E-state index contributed by atoms with van der Waals surface area (Å²) in [6.07, 6.45) is 7.11. The Morgan fingerprint density at radius 2 is 1.87 bits per heavy atom. The van der Waals surface area contributed by atoms with E-state index in [2.05, 4.69) is 43.1 Å². The topological polar surface area (TPSA) is 51.3 Å². The third-order valence-electron chi connectivity index (χ3n) is 9.78. The maximum atomic E-state index is 13.0. The number of para-hydroxylation sites is 1. The van der Waals surface area contributed by atoms with E-state index in [1.54, 1.807) is 7.11 Å².